The van der Waals surface area contributed by atoms with E-state index in [2.05, 4.69) is 0 Å². The van der Waals surface area contributed by atoms with Crippen LogP contribution in [0.1, 0.15) is 61.7 Å². The lowest BCUT2D eigenvalue weighted by molar-refractivity contribution is -0.123. The van der Waals surface area contributed by atoms with Crippen LogP contribution in [-0.4, -0.2) is 47.5 Å². The van der Waals surface area contributed by atoms with Gasteiger partial charge in [-0.15, -0.1) is 0 Å². The number of hydrogen-bond acceptors (Lipinski definition) is 6. The number of esters is 1. The summed E-state index contributed by atoms with van der Waals surface area (Å²) in [6.07, 6.45) is 0.352. The molecule has 1 aromatic heterocycles. The summed E-state index contributed by atoms with van der Waals surface area (Å²) in [5, 5.41) is 0.716. The van der Waals surface area contributed by atoms with E-state index < -0.39 is 23.7 Å². The Morgan fingerprint density at radius 3 is 2.49 bits per heavy atom. The van der Waals surface area contributed by atoms with Gasteiger partial charge in [-0.1, -0.05) is 36.4 Å². The molecule has 35 heavy (non-hydrogen) atoms. The number of amides is 1. The fourth-order valence-corrected chi connectivity index (χ4v) is 4.58. The molecule has 3 aromatic rings. The lowest BCUT2D eigenvalue weighted by Gasteiger charge is -2.30. The van der Waals surface area contributed by atoms with Crippen molar-refractivity contribution in [2.75, 3.05) is 13.2 Å². The van der Waals surface area contributed by atoms with Gasteiger partial charge >= 0.3 is 12.1 Å². The molecule has 2 heterocycles. The van der Waals surface area contributed by atoms with Crippen LogP contribution in [-0.2, 0) is 20.7 Å². The minimum Gasteiger partial charge on any atom is -0.460 e. The van der Waals surface area contributed by atoms with Gasteiger partial charge in [0.1, 0.15) is 17.2 Å². The highest BCUT2D eigenvalue weighted by Crippen LogP contribution is 2.36. The summed E-state index contributed by atoms with van der Waals surface area (Å²) in [7, 11) is 0. The van der Waals surface area contributed by atoms with Gasteiger partial charge in [-0.2, -0.15) is 0 Å². The fourth-order valence-electron chi connectivity index (χ4n) is 4.58. The summed E-state index contributed by atoms with van der Waals surface area (Å²) in [6, 6.07) is 16.2. The van der Waals surface area contributed by atoms with Gasteiger partial charge in [0.25, 0.3) is 0 Å². The zero-order chi connectivity index (χ0) is 25.2. The molecule has 0 bridgehead atoms. The molecule has 0 aliphatic carbocycles. The lowest BCUT2D eigenvalue weighted by atomic mass is 9.87. The molecule has 1 amide bonds. The SMILES string of the molecule is CCOC(=O)c1cc2cc(CC(=O)[C@@H]3[C@@H](c4ccccc4)CCN3C(=O)OC(C)(C)C)ccc2o1. The van der Waals surface area contributed by atoms with E-state index in [1.54, 1.807) is 24.0 Å². The summed E-state index contributed by atoms with van der Waals surface area (Å²) in [5.41, 5.74) is 1.70. The number of carbonyl (C=O) groups excluding carboxylic acids is 3. The van der Waals surface area contributed by atoms with Crippen LogP contribution >= 0.6 is 0 Å². The van der Waals surface area contributed by atoms with Crippen molar-refractivity contribution in [3.8, 4) is 0 Å². The Balaban J connectivity index is 1.59. The van der Waals surface area contributed by atoms with Crippen LogP contribution in [0.15, 0.2) is 59.0 Å². The van der Waals surface area contributed by atoms with Crippen LogP contribution in [0.5, 0.6) is 0 Å². The molecule has 1 fully saturated rings. The van der Waals surface area contributed by atoms with Crippen molar-refractivity contribution in [3.63, 3.8) is 0 Å². The predicted molar refractivity (Wildman–Crippen MR) is 131 cm³/mol. The molecule has 0 radical (unpaired) electrons. The first-order chi connectivity index (χ1) is 16.7. The third-order valence-electron chi connectivity index (χ3n) is 6.02. The summed E-state index contributed by atoms with van der Waals surface area (Å²) in [5.74, 6) is -0.563. The van der Waals surface area contributed by atoms with Crippen molar-refractivity contribution in [2.24, 2.45) is 0 Å². The van der Waals surface area contributed by atoms with Gasteiger partial charge in [0.15, 0.2) is 5.78 Å². The van der Waals surface area contributed by atoms with E-state index >= 15 is 0 Å². The second-order valence-electron chi connectivity index (χ2n) is 9.77. The molecule has 2 atom stereocenters. The molecule has 184 valence electrons. The molecule has 1 aliphatic heterocycles. The third-order valence-corrected chi connectivity index (χ3v) is 6.02. The van der Waals surface area contributed by atoms with Crippen molar-refractivity contribution in [1.29, 1.82) is 0 Å². The smallest absolute Gasteiger partial charge is 0.410 e. The lowest BCUT2D eigenvalue weighted by Crippen LogP contribution is -2.45. The van der Waals surface area contributed by atoms with Gasteiger partial charge in [-0.05, 0) is 63.4 Å². The van der Waals surface area contributed by atoms with E-state index in [1.165, 1.54) is 0 Å². The zero-order valence-corrected chi connectivity index (χ0v) is 20.6. The molecule has 0 N–H and O–H groups in total. The van der Waals surface area contributed by atoms with Gasteiger partial charge in [0, 0.05) is 24.3 Å². The highest BCUT2D eigenvalue weighted by Gasteiger charge is 2.43. The van der Waals surface area contributed by atoms with Crippen molar-refractivity contribution in [2.45, 2.75) is 58.1 Å². The Labute approximate surface area is 205 Å². The molecule has 0 saturated carbocycles. The number of hydrogen-bond donors (Lipinski definition) is 0. The molecule has 2 aromatic carbocycles. The molecule has 1 aliphatic rings. The van der Waals surface area contributed by atoms with E-state index in [-0.39, 0.29) is 30.5 Å². The van der Waals surface area contributed by atoms with E-state index in [0.29, 0.717) is 23.9 Å². The average molecular weight is 478 g/mol. The molecular weight excluding hydrogens is 446 g/mol. The standard InChI is InChI=1S/C28H31NO6/c1-5-33-26(31)24-17-20-15-18(11-12-23(20)34-24)16-22(30)25-21(19-9-7-6-8-10-19)13-14-29(25)27(32)35-28(2,3)4/h6-12,15,17,21,25H,5,13-14,16H2,1-4H3/t21-,25+/m1/s1. The van der Waals surface area contributed by atoms with Crippen LogP contribution < -0.4 is 0 Å². The van der Waals surface area contributed by atoms with Crippen molar-refractivity contribution >= 4 is 28.8 Å². The summed E-state index contributed by atoms with van der Waals surface area (Å²) >= 11 is 0. The largest absolute Gasteiger partial charge is 0.460 e. The third kappa shape index (κ3) is 5.56. The monoisotopic (exact) mass is 477 g/mol. The Hall–Kier alpha value is -3.61. The number of Topliss-reactive ketones (excluding diaryl/α,β-unsaturated/α-hetero) is 1. The fraction of sp³-hybridized carbons (Fsp3) is 0.393. The molecular formula is C28H31NO6. The number of benzene rings is 2. The maximum atomic E-state index is 13.7. The second kappa shape index (κ2) is 9.94. The number of carbonyl (C=O) groups is 3. The van der Waals surface area contributed by atoms with Gasteiger partial charge < -0.3 is 13.9 Å². The summed E-state index contributed by atoms with van der Waals surface area (Å²) < 4.78 is 16.2. The number of likely N-dealkylation sites (tertiary alicyclic amines) is 1. The van der Waals surface area contributed by atoms with E-state index in [9.17, 15) is 14.4 Å². The van der Waals surface area contributed by atoms with Crippen LogP contribution in [0.2, 0.25) is 0 Å². The molecule has 0 unspecified atom stereocenters. The first-order valence-corrected chi connectivity index (χ1v) is 11.9. The van der Waals surface area contributed by atoms with E-state index in [1.807, 2.05) is 63.2 Å². The minimum atomic E-state index is -0.654. The first-order valence-electron chi connectivity index (χ1n) is 11.9. The van der Waals surface area contributed by atoms with Crippen LogP contribution in [0.4, 0.5) is 4.79 Å². The molecule has 7 nitrogen and oxygen atoms in total. The number of fused-ring (bicyclic) bond motifs is 1. The maximum Gasteiger partial charge on any atom is 0.410 e. The van der Waals surface area contributed by atoms with Crippen molar-refractivity contribution in [1.82, 2.24) is 4.90 Å². The summed E-state index contributed by atoms with van der Waals surface area (Å²) in [6.45, 7) is 7.89. The number of ketones is 1. The normalized spacial score (nSPS) is 18.0. The van der Waals surface area contributed by atoms with Gasteiger partial charge in [-0.3, -0.25) is 9.69 Å². The molecule has 1 saturated heterocycles. The van der Waals surface area contributed by atoms with E-state index in [0.717, 1.165) is 11.1 Å². The molecule has 7 heteroatoms. The number of nitrogens with zero attached hydrogens (tertiary/aromatic N) is 1. The van der Waals surface area contributed by atoms with Gasteiger partial charge in [-0.25, -0.2) is 9.59 Å². The van der Waals surface area contributed by atoms with Crippen LogP contribution in [0.3, 0.4) is 0 Å². The number of furan rings is 1. The van der Waals surface area contributed by atoms with Crippen LogP contribution in [0.25, 0.3) is 11.0 Å². The predicted octanol–water partition coefficient (Wildman–Crippen LogP) is 5.51. The average Bonchev–Trinajstić information content (AvgIpc) is 3.43. The molecule has 0 spiro atoms. The van der Waals surface area contributed by atoms with E-state index in [4.69, 9.17) is 13.9 Å². The van der Waals surface area contributed by atoms with Gasteiger partial charge in [0.05, 0.1) is 6.61 Å². The second-order valence-corrected chi connectivity index (χ2v) is 9.77. The number of rotatable bonds is 6. The first kappa shape index (κ1) is 24.5. The van der Waals surface area contributed by atoms with Crippen molar-refractivity contribution < 1.29 is 28.3 Å². The Kier molecular flexibility index (Phi) is 6.96. The van der Waals surface area contributed by atoms with Crippen molar-refractivity contribution in [3.05, 3.63) is 71.5 Å². The molecule has 4 rings (SSSR count). The minimum absolute atomic E-state index is 0.0596. The highest BCUT2D eigenvalue weighted by molar-refractivity contribution is 5.94. The highest BCUT2D eigenvalue weighted by atomic mass is 16.6. The van der Waals surface area contributed by atoms with Crippen LogP contribution in [0, 0.1) is 0 Å². The summed E-state index contributed by atoms with van der Waals surface area (Å²) in [4.78, 5) is 40.2. The Bertz CT molecular complexity index is 1220. The Morgan fingerprint density at radius 1 is 1.06 bits per heavy atom. The maximum absolute atomic E-state index is 13.7. The topological polar surface area (TPSA) is 86.1 Å². The quantitative estimate of drug-likeness (QED) is 0.435. The zero-order valence-electron chi connectivity index (χ0n) is 20.6. The Morgan fingerprint density at radius 2 is 1.80 bits per heavy atom. The number of ether oxygens (including phenoxy) is 2. The van der Waals surface area contributed by atoms with Gasteiger partial charge in [0.2, 0.25) is 5.76 Å².